The lowest BCUT2D eigenvalue weighted by atomic mass is 10.0. The fourth-order valence-electron chi connectivity index (χ4n) is 3.89. The summed E-state index contributed by atoms with van der Waals surface area (Å²) in [6.07, 6.45) is -0.971. The minimum absolute atomic E-state index is 0.164. The van der Waals surface area contributed by atoms with Crippen LogP contribution in [0.25, 0.3) is 22.2 Å². The van der Waals surface area contributed by atoms with E-state index in [2.05, 4.69) is 0 Å². The van der Waals surface area contributed by atoms with Gasteiger partial charge in [-0.1, -0.05) is 17.7 Å². The van der Waals surface area contributed by atoms with Crippen molar-refractivity contribution in [2.24, 2.45) is 0 Å². The Labute approximate surface area is 184 Å². The summed E-state index contributed by atoms with van der Waals surface area (Å²) in [7, 11) is 0. The Morgan fingerprint density at radius 2 is 1.90 bits per heavy atom. The Morgan fingerprint density at radius 3 is 2.58 bits per heavy atom. The van der Waals surface area contributed by atoms with Crippen LogP contribution < -0.4 is 0 Å². The molecule has 2 amide bonds. The number of aryl methyl sites for hydroxylation is 1. The highest BCUT2D eigenvalue weighted by Crippen LogP contribution is 2.31. The summed E-state index contributed by atoms with van der Waals surface area (Å²) < 4.78 is 0. The van der Waals surface area contributed by atoms with Crippen molar-refractivity contribution in [3.63, 3.8) is 0 Å². The minimum atomic E-state index is -0.971. The Bertz CT molecular complexity index is 1200. The molecular weight excluding hydrogens is 418 g/mol. The number of hydrogen-bond donors (Lipinski definition) is 2. The molecule has 160 valence electrons. The van der Waals surface area contributed by atoms with Gasteiger partial charge in [-0.15, -0.1) is 0 Å². The number of carboxylic acid groups (broad SMARTS) is 1. The lowest BCUT2D eigenvalue weighted by Crippen LogP contribution is -2.55. The molecule has 2 heterocycles. The van der Waals surface area contributed by atoms with E-state index in [-0.39, 0.29) is 24.2 Å². The van der Waals surface area contributed by atoms with Gasteiger partial charge in [0.25, 0.3) is 5.91 Å². The first-order valence-electron chi connectivity index (χ1n) is 9.93. The van der Waals surface area contributed by atoms with Crippen LogP contribution in [0.5, 0.6) is 5.75 Å². The fourth-order valence-corrected chi connectivity index (χ4v) is 4.15. The molecule has 0 unspecified atom stereocenters. The molecule has 1 aliphatic heterocycles. The van der Waals surface area contributed by atoms with Crippen LogP contribution in [0, 0.1) is 6.92 Å². The number of carbonyl (C=O) groups is 2. The van der Waals surface area contributed by atoms with Gasteiger partial charge in [-0.05, 0) is 55.8 Å². The van der Waals surface area contributed by atoms with Crippen molar-refractivity contribution in [2.75, 3.05) is 19.6 Å². The van der Waals surface area contributed by atoms with Crippen LogP contribution in [0.4, 0.5) is 4.79 Å². The number of hydrogen-bond acceptors (Lipinski definition) is 4. The quantitative estimate of drug-likeness (QED) is 0.617. The van der Waals surface area contributed by atoms with Crippen LogP contribution in [0.3, 0.4) is 0 Å². The van der Waals surface area contributed by atoms with E-state index in [9.17, 15) is 19.8 Å². The number of aromatic nitrogens is 1. The smallest absolute Gasteiger partial charge is 0.407 e. The zero-order valence-corrected chi connectivity index (χ0v) is 17.9. The van der Waals surface area contributed by atoms with Crippen molar-refractivity contribution in [2.45, 2.75) is 19.9 Å². The van der Waals surface area contributed by atoms with Crippen molar-refractivity contribution in [1.82, 2.24) is 14.8 Å². The number of halogens is 1. The minimum Gasteiger partial charge on any atom is -0.508 e. The van der Waals surface area contributed by atoms with Crippen molar-refractivity contribution in [3.05, 3.63) is 58.6 Å². The van der Waals surface area contributed by atoms with Crippen LogP contribution in [-0.2, 0) is 0 Å². The monoisotopic (exact) mass is 439 g/mol. The maximum absolute atomic E-state index is 13.1. The number of piperazine rings is 1. The number of nitrogens with zero attached hydrogens (tertiary/aromatic N) is 3. The summed E-state index contributed by atoms with van der Waals surface area (Å²) in [6.45, 7) is 4.56. The zero-order chi connectivity index (χ0) is 22.3. The summed E-state index contributed by atoms with van der Waals surface area (Å²) in [5, 5.41) is 20.3. The molecule has 1 aliphatic rings. The molecule has 0 radical (unpaired) electrons. The molecule has 0 aliphatic carbocycles. The second-order valence-electron chi connectivity index (χ2n) is 7.80. The third kappa shape index (κ3) is 4.01. The SMILES string of the molecule is Cc1cc(-c2cc(Cl)c3ccc(C(=O)N4CCN(C(=O)O)[C@H](C)C4)cc3n2)ccc1O. The molecule has 4 rings (SSSR count). The Kier molecular flexibility index (Phi) is 5.45. The maximum Gasteiger partial charge on any atom is 0.407 e. The molecule has 2 N–H and O–H groups in total. The zero-order valence-electron chi connectivity index (χ0n) is 17.2. The fraction of sp³-hybridized carbons (Fsp3) is 0.261. The summed E-state index contributed by atoms with van der Waals surface area (Å²) in [5.41, 5.74) is 3.26. The Balaban J connectivity index is 1.66. The van der Waals surface area contributed by atoms with E-state index in [1.807, 2.05) is 13.0 Å². The van der Waals surface area contributed by atoms with E-state index in [4.69, 9.17) is 16.6 Å². The molecule has 1 atom stereocenters. The third-order valence-corrected chi connectivity index (χ3v) is 5.97. The highest BCUT2D eigenvalue weighted by atomic mass is 35.5. The van der Waals surface area contributed by atoms with Crippen molar-refractivity contribution in [1.29, 1.82) is 0 Å². The van der Waals surface area contributed by atoms with E-state index < -0.39 is 6.09 Å². The second kappa shape index (κ2) is 8.07. The van der Waals surface area contributed by atoms with Gasteiger partial charge in [-0.2, -0.15) is 0 Å². The molecular formula is C23H22ClN3O4. The number of pyridine rings is 1. The molecule has 2 aromatic carbocycles. The number of amides is 2. The van der Waals surface area contributed by atoms with Gasteiger partial charge in [0, 0.05) is 42.2 Å². The molecule has 0 saturated carbocycles. The highest BCUT2D eigenvalue weighted by Gasteiger charge is 2.30. The van der Waals surface area contributed by atoms with Crippen molar-refractivity contribution < 1.29 is 19.8 Å². The highest BCUT2D eigenvalue weighted by molar-refractivity contribution is 6.35. The van der Waals surface area contributed by atoms with Gasteiger partial charge in [0.2, 0.25) is 0 Å². The molecule has 8 heteroatoms. The van der Waals surface area contributed by atoms with E-state index in [1.54, 1.807) is 48.2 Å². The number of fused-ring (bicyclic) bond motifs is 1. The van der Waals surface area contributed by atoms with E-state index in [1.165, 1.54) is 4.90 Å². The van der Waals surface area contributed by atoms with Gasteiger partial charge in [-0.3, -0.25) is 4.79 Å². The molecule has 0 bridgehead atoms. The first kappa shape index (κ1) is 20.9. The van der Waals surface area contributed by atoms with Crippen LogP contribution >= 0.6 is 11.6 Å². The molecule has 1 aromatic heterocycles. The van der Waals surface area contributed by atoms with Crippen molar-refractivity contribution in [3.8, 4) is 17.0 Å². The molecule has 1 fully saturated rings. The summed E-state index contributed by atoms with van der Waals surface area (Å²) in [5.74, 6) is 0.0448. The number of rotatable bonds is 2. The molecule has 1 saturated heterocycles. The Morgan fingerprint density at radius 1 is 1.13 bits per heavy atom. The van der Waals surface area contributed by atoms with Gasteiger partial charge in [0.05, 0.1) is 16.2 Å². The summed E-state index contributed by atoms with van der Waals surface area (Å²) >= 11 is 6.48. The van der Waals surface area contributed by atoms with Gasteiger partial charge in [-0.25, -0.2) is 9.78 Å². The number of phenols is 1. The summed E-state index contributed by atoms with van der Waals surface area (Å²) in [6, 6.07) is 11.9. The molecule has 3 aromatic rings. The first-order valence-corrected chi connectivity index (χ1v) is 10.3. The number of aromatic hydroxyl groups is 1. The van der Waals surface area contributed by atoms with E-state index in [0.29, 0.717) is 34.9 Å². The molecule has 31 heavy (non-hydrogen) atoms. The van der Waals surface area contributed by atoms with Gasteiger partial charge < -0.3 is 20.0 Å². The second-order valence-corrected chi connectivity index (χ2v) is 8.21. The predicted molar refractivity (Wildman–Crippen MR) is 119 cm³/mol. The van der Waals surface area contributed by atoms with Crippen LogP contribution in [0.15, 0.2) is 42.5 Å². The van der Waals surface area contributed by atoms with E-state index >= 15 is 0 Å². The Hall–Kier alpha value is -3.32. The first-order chi connectivity index (χ1) is 14.7. The van der Waals surface area contributed by atoms with E-state index in [0.717, 1.165) is 16.5 Å². The normalized spacial score (nSPS) is 16.5. The van der Waals surface area contributed by atoms with Crippen LogP contribution in [-0.4, -0.2) is 62.7 Å². The maximum atomic E-state index is 13.1. The molecule has 0 spiro atoms. The number of phenolic OH excluding ortho intramolecular Hbond substituents is 1. The van der Waals surface area contributed by atoms with Gasteiger partial charge >= 0.3 is 6.09 Å². The third-order valence-electron chi connectivity index (χ3n) is 5.66. The molecule has 7 nitrogen and oxygen atoms in total. The standard InChI is InChI=1S/C23H22ClN3O4/c1-13-9-15(4-6-21(13)28)19-11-18(24)17-5-3-16(10-20(17)25-19)22(29)26-7-8-27(23(30)31)14(2)12-26/h3-6,9-11,14,28H,7-8,12H2,1-2H3,(H,30,31)/t14-/m1/s1. The van der Waals surface area contributed by atoms with Crippen LogP contribution in [0.2, 0.25) is 5.02 Å². The lowest BCUT2D eigenvalue weighted by molar-refractivity contribution is 0.0507. The number of carbonyl (C=O) groups excluding carboxylic acids is 1. The lowest BCUT2D eigenvalue weighted by Gasteiger charge is -2.38. The number of benzene rings is 2. The largest absolute Gasteiger partial charge is 0.508 e. The van der Waals surface area contributed by atoms with Gasteiger partial charge in [0.15, 0.2) is 0 Å². The summed E-state index contributed by atoms with van der Waals surface area (Å²) in [4.78, 5) is 32.0. The van der Waals surface area contributed by atoms with Gasteiger partial charge in [0.1, 0.15) is 5.75 Å². The average molecular weight is 440 g/mol. The van der Waals surface area contributed by atoms with Crippen LogP contribution in [0.1, 0.15) is 22.8 Å². The average Bonchev–Trinajstić information content (AvgIpc) is 2.74. The topological polar surface area (TPSA) is 94.0 Å². The van der Waals surface area contributed by atoms with Crippen molar-refractivity contribution >= 4 is 34.5 Å². The predicted octanol–water partition coefficient (Wildman–Crippen LogP) is 4.39.